The molecule has 0 nitrogen and oxygen atoms in total. The normalized spacial score (nSPS) is 17.9. The van der Waals surface area contributed by atoms with Crippen LogP contribution in [-0.4, -0.2) is 115 Å². The molecule has 95 heavy (non-hydrogen) atoms. The topological polar surface area (TPSA) is 0 Å². The molecular formula is C78H206Fe5Si12. The zero-order chi connectivity index (χ0) is 53.1. The van der Waals surface area contributed by atoms with Gasteiger partial charge in [-0.1, -0.05) is 391 Å². The monoisotopic (exact) mass is 1760 g/mol. The second kappa shape index (κ2) is 128. The van der Waals surface area contributed by atoms with Gasteiger partial charge in [-0.25, -0.2) is 0 Å². The van der Waals surface area contributed by atoms with Gasteiger partial charge in [0, 0.05) is 0 Å². The first-order chi connectivity index (χ1) is 34.9. The molecule has 10 fully saturated rings. The smallest absolute Gasteiger partial charge is 0.358 e. The SMILES string of the molecule is C.C.C.C.C1CCCC1.C1CCCC1.C1CCCC1.C1CCCC1.C1CCCC1.C=CC1CCCC1.CCCC1CCCC1.CCCC1CCCC1.CCCC1CCCC1.CCCC1CCCC1.[CH3-].[CH3-].[CH3-].[CH3-].[CH3-].[CH3-].[CH3-].[CH3-].[CH3-].[CH3-].[Fe+2].[Fe+2].[Fe+2].[Fe+2].[Fe+2].[SiH3][Si]([SiH3])([SiH3])[Si]([SiH3])([SiH3])[SiH3].[SiH4].[SiH4].[SiH4].[SiH4]. The molecule has 0 radical (unpaired) electrons. The summed E-state index contributed by atoms with van der Waals surface area (Å²) < 4.78 is 0. The maximum absolute atomic E-state index is 3.74. The van der Waals surface area contributed by atoms with Crippen LogP contribution in [0.15, 0.2) is 12.7 Å². The minimum atomic E-state index is -0.118. The zero-order valence-electron chi connectivity index (χ0n) is 64.4. The maximum atomic E-state index is 3.74. The van der Waals surface area contributed by atoms with E-state index in [2.05, 4.69) is 40.3 Å². The summed E-state index contributed by atoms with van der Waals surface area (Å²) in [6, 6.07) is 0. The van der Waals surface area contributed by atoms with E-state index in [1.54, 1.807) is 58.6 Å². The molecule has 0 unspecified atom stereocenters. The van der Waals surface area contributed by atoms with Gasteiger partial charge < -0.3 is 74.3 Å². The zero-order valence-corrected chi connectivity index (χ0v) is 83.9. The fraction of sp³-hybridized carbons (Fsp3) is 0.846. The molecule has 10 rings (SSSR count). The second-order valence-corrected chi connectivity index (χ2v) is 144. The molecule has 0 atom stereocenters. The second-order valence-electron chi connectivity index (χ2n) is 27.4. The first-order valence-corrected chi connectivity index (χ1v) is 60.5. The van der Waals surface area contributed by atoms with Crippen LogP contribution in [-0.2, 0) is 85.3 Å². The Bertz CT molecular complexity index is 886. The van der Waals surface area contributed by atoms with Gasteiger partial charge in [0.1, 0.15) is 0 Å². The quantitative estimate of drug-likeness (QED) is 0.116. The van der Waals surface area contributed by atoms with Gasteiger partial charge in [0.2, 0.25) is 0 Å². The van der Waals surface area contributed by atoms with Crippen molar-refractivity contribution in [2.45, 2.75) is 398 Å². The Kier molecular flexibility index (Phi) is 229. The molecule has 0 aromatic heterocycles. The predicted octanol–water partition coefficient (Wildman–Crippen LogP) is 17.4. The van der Waals surface area contributed by atoms with Gasteiger partial charge in [0.25, 0.3) is 0 Å². The Morgan fingerprint density at radius 2 is 0.347 bits per heavy atom. The van der Waals surface area contributed by atoms with Crippen molar-refractivity contribution >= 4 is 115 Å². The Morgan fingerprint density at radius 1 is 0.242 bits per heavy atom. The number of hydrogen-bond acceptors (Lipinski definition) is 0. The first-order valence-electron chi connectivity index (χ1n) is 34.5. The Hall–Kier alpha value is 4.94. The molecule has 0 amide bonds. The van der Waals surface area contributed by atoms with Gasteiger partial charge in [0.15, 0.2) is 0 Å². The van der Waals surface area contributed by atoms with Crippen molar-refractivity contribution < 1.29 is 85.3 Å². The molecular weight excluding hydrogens is 1550 g/mol. The fourth-order valence-electron chi connectivity index (χ4n) is 12.4. The van der Waals surface area contributed by atoms with Crippen LogP contribution in [0.4, 0.5) is 0 Å². The molecule has 0 N–H and O–H groups in total. The van der Waals surface area contributed by atoms with E-state index < -0.39 is 0 Å². The average molecular weight is 1760 g/mol. The number of rotatable bonds is 10. The Balaban J connectivity index is -0.0000000260. The number of hydrogen-bond donors (Lipinski definition) is 0. The molecule has 10 aliphatic carbocycles. The van der Waals surface area contributed by atoms with E-state index in [0.717, 1.165) is 29.6 Å². The third kappa shape index (κ3) is 120. The summed E-state index contributed by atoms with van der Waals surface area (Å²) in [5, 5.41) is 0. The molecule has 0 aromatic carbocycles. The predicted molar refractivity (Wildman–Crippen MR) is 503 cm³/mol. The van der Waals surface area contributed by atoms with Gasteiger partial charge in [0.05, 0.1) is 0 Å². The molecule has 0 aromatic rings. The molecule has 0 heterocycles. The summed E-state index contributed by atoms with van der Waals surface area (Å²) in [5.41, 5.74) is 0. The molecule has 0 saturated heterocycles. The molecule has 17 heteroatoms. The molecule has 0 spiro atoms. The molecule has 0 aliphatic heterocycles. The molecule has 606 valence electrons. The summed E-state index contributed by atoms with van der Waals surface area (Å²) in [6.07, 6.45) is 80.7. The van der Waals surface area contributed by atoms with Gasteiger partial charge in [-0.05, 0) is 157 Å². The minimum absolute atomic E-state index is 0. The van der Waals surface area contributed by atoms with Crippen LogP contribution >= 0.6 is 0 Å². The van der Waals surface area contributed by atoms with Crippen LogP contribution in [0.25, 0.3) is 0 Å². The van der Waals surface area contributed by atoms with Crippen LogP contribution in [0.3, 0.4) is 0 Å². The first kappa shape index (κ1) is 170. The van der Waals surface area contributed by atoms with E-state index in [1.165, 1.54) is 340 Å². The van der Waals surface area contributed by atoms with Crippen LogP contribution in [0, 0.1) is 104 Å². The standard InChI is InChI=1S/4C8H16.C7H12.5C5H10.4CH4.10CH3.5Fe.H18Si8.4H4Si/c4*1-2-5-8-6-3-4-7-8;1-2-7-5-3-4-6-7;5*1-2-4-5-3-1;;;;;;;;;;;;;;;;;;;;1-7(2,3)8(4,5)6;;;;/h4*8H,2-7H2,1H3;2,7H,1,3-6H2;5*1-5H2;4*1H4;10*1H3;;;;;;1-6H3;4*1H4/q;;;;;;;;;;;;;;10*-1;5*+2;;;;;. The third-order valence-electron chi connectivity index (χ3n) is 18.9. The van der Waals surface area contributed by atoms with Crippen molar-refractivity contribution in [1.29, 1.82) is 0 Å². The van der Waals surface area contributed by atoms with Crippen molar-refractivity contribution in [2.75, 3.05) is 0 Å². The van der Waals surface area contributed by atoms with E-state index >= 15 is 0 Å². The van der Waals surface area contributed by atoms with Crippen molar-refractivity contribution in [2.24, 2.45) is 29.6 Å². The van der Waals surface area contributed by atoms with Crippen molar-refractivity contribution in [3.05, 3.63) is 86.9 Å². The van der Waals surface area contributed by atoms with Gasteiger partial charge in [-0.3, -0.25) is 0 Å². The number of allylic oxidation sites excluding steroid dienone is 1. The van der Waals surface area contributed by atoms with E-state index in [4.69, 9.17) is 0 Å². The summed E-state index contributed by atoms with van der Waals surface area (Å²) in [5.74, 6) is 5.31. The van der Waals surface area contributed by atoms with Crippen LogP contribution in [0.2, 0.25) is 0 Å². The largest absolute Gasteiger partial charge is 2.00 e. The fourth-order valence-corrected chi connectivity index (χ4v) is 12.4. The summed E-state index contributed by atoms with van der Waals surface area (Å²) >= 11 is 0. The molecule has 0 bridgehead atoms. The van der Waals surface area contributed by atoms with Crippen LogP contribution < -0.4 is 0 Å². The van der Waals surface area contributed by atoms with E-state index in [9.17, 15) is 0 Å². The van der Waals surface area contributed by atoms with Gasteiger partial charge >= 0.3 is 85.3 Å². The summed E-state index contributed by atoms with van der Waals surface area (Å²) in [6.45, 7) is 12.9. The van der Waals surface area contributed by atoms with Gasteiger partial charge in [-0.2, -0.15) is 0 Å². The molecule has 10 aliphatic rings. The molecule has 10 saturated carbocycles. The van der Waals surface area contributed by atoms with E-state index in [0.29, 0.717) is 0 Å². The van der Waals surface area contributed by atoms with Crippen molar-refractivity contribution in [3.63, 3.8) is 0 Å². The third-order valence-corrected chi connectivity index (χ3v) is 199. The van der Waals surface area contributed by atoms with E-state index in [1.807, 2.05) is 0 Å². The minimum Gasteiger partial charge on any atom is -0.358 e. The van der Waals surface area contributed by atoms with Gasteiger partial charge in [-0.15, -0.1) is 6.58 Å². The maximum Gasteiger partial charge on any atom is 2.00 e. The van der Waals surface area contributed by atoms with Crippen molar-refractivity contribution in [1.82, 2.24) is 0 Å². The summed E-state index contributed by atoms with van der Waals surface area (Å²) in [4.78, 5) is 0. The Morgan fingerprint density at radius 3 is 0.421 bits per heavy atom. The average Bonchev–Trinajstić information content (AvgIpc) is 4.24. The Labute approximate surface area is 707 Å². The van der Waals surface area contributed by atoms with E-state index in [-0.39, 0.29) is 245 Å². The van der Waals surface area contributed by atoms with Crippen LogP contribution in [0.5, 0.6) is 0 Å². The summed E-state index contributed by atoms with van der Waals surface area (Å²) in [7, 11) is 10.3. The van der Waals surface area contributed by atoms with Crippen molar-refractivity contribution in [3.8, 4) is 0 Å². The van der Waals surface area contributed by atoms with Crippen LogP contribution in [0.1, 0.15) is 398 Å².